The summed E-state index contributed by atoms with van der Waals surface area (Å²) in [5.41, 5.74) is 1.24. The summed E-state index contributed by atoms with van der Waals surface area (Å²) in [7, 11) is -4.50. The molecule has 0 fully saturated rings. The number of benzene rings is 3. The number of hydrazone groups is 1. The fraction of sp³-hybridized carbons (Fsp3) is 0.0909. The molecule has 0 aliphatic rings. The molecule has 0 saturated carbocycles. The molecular weight excluding hydrogens is 481 g/mol. The molecule has 0 spiro atoms. The molecule has 0 radical (unpaired) electrons. The lowest BCUT2D eigenvalue weighted by Crippen LogP contribution is -2.20. The Kier molecular flexibility index (Phi) is 7.39. The summed E-state index contributed by atoms with van der Waals surface area (Å²) in [6.45, 7) is 0. The second kappa shape index (κ2) is 10.1. The highest BCUT2D eigenvalue weighted by atomic mass is 35.5. The van der Waals surface area contributed by atoms with E-state index in [1.165, 1.54) is 24.3 Å². The third-order valence-corrected chi connectivity index (χ3v) is 5.76. The summed E-state index contributed by atoms with van der Waals surface area (Å²) in [5, 5.41) is 4.05. The smallest absolute Gasteiger partial charge is 0.379 e. The topological polar surface area (TPSA) is 84.8 Å². The molecule has 0 atom stereocenters. The van der Waals surface area contributed by atoms with Gasteiger partial charge < -0.3 is 4.18 Å². The first-order valence-electron chi connectivity index (χ1n) is 9.32. The molecule has 0 bridgehead atoms. The van der Waals surface area contributed by atoms with Crippen molar-refractivity contribution >= 4 is 33.8 Å². The van der Waals surface area contributed by atoms with Crippen molar-refractivity contribution in [1.82, 2.24) is 5.43 Å². The molecule has 0 aromatic heterocycles. The van der Waals surface area contributed by atoms with E-state index in [1.807, 2.05) is 0 Å². The molecular formula is C22H16ClF3N2O4S. The molecule has 0 saturated heterocycles. The SMILES string of the molecule is O=C(Cc1cccc(Cl)c1)N/N=C/c1cc(C(F)(F)F)ccc1S(=O)(=O)Oc1ccccc1. The average molecular weight is 497 g/mol. The van der Waals surface area contributed by atoms with Crippen LogP contribution in [0.4, 0.5) is 13.2 Å². The van der Waals surface area contributed by atoms with Crippen LogP contribution in [-0.4, -0.2) is 20.5 Å². The van der Waals surface area contributed by atoms with Gasteiger partial charge in [0.05, 0.1) is 18.2 Å². The Hall–Kier alpha value is -3.37. The molecule has 0 aliphatic heterocycles. The van der Waals surface area contributed by atoms with Crippen molar-refractivity contribution in [3.63, 3.8) is 0 Å². The Balaban J connectivity index is 1.86. The summed E-state index contributed by atoms with van der Waals surface area (Å²) in [5.74, 6) is -0.597. The van der Waals surface area contributed by atoms with E-state index >= 15 is 0 Å². The van der Waals surface area contributed by atoms with Gasteiger partial charge >= 0.3 is 16.3 Å². The minimum absolute atomic E-state index is 0.0184. The maximum atomic E-state index is 13.2. The summed E-state index contributed by atoms with van der Waals surface area (Å²) in [6.07, 6.45) is -4.00. The van der Waals surface area contributed by atoms with Gasteiger partial charge in [-0.1, -0.05) is 41.9 Å². The van der Waals surface area contributed by atoms with E-state index in [4.69, 9.17) is 15.8 Å². The predicted molar refractivity (Wildman–Crippen MR) is 117 cm³/mol. The highest BCUT2D eigenvalue weighted by Crippen LogP contribution is 2.32. The predicted octanol–water partition coefficient (Wildman–Crippen LogP) is 4.82. The molecule has 1 amide bonds. The second-order valence-electron chi connectivity index (χ2n) is 6.70. The molecule has 3 aromatic carbocycles. The molecule has 1 N–H and O–H groups in total. The summed E-state index contributed by atoms with van der Waals surface area (Å²) in [4.78, 5) is 11.5. The molecule has 3 rings (SSSR count). The summed E-state index contributed by atoms with van der Waals surface area (Å²) < 4.78 is 69.9. The zero-order valence-electron chi connectivity index (χ0n) is 16.7. The first-order valence-corrected chi connectivity index (χ1v) is 11.1. The average Bonchev–Trinajstić information content (AvgIpc) is 2.73. The lowest BCUT2D eigenvalue weighted by Gasteiger charge is -2.12. The third kappa shape index (κ3) is 6.80. The Morgan fingerprint density at radius 1 is 1.03 bits per heavy atom. The van der Waals surface area contributed by atoms with Gasteiger partial charge in [0.2, 0.25) is 5.91 Å². The van der Waals surface area contributed by atoms with Gasteiger partial charge in [-0.05, 0) is 48.0 Å². The van der Waals surface area contributed by atoms with Crippen molar-refractivity contribution in [2.24, 2.45) is 5.10 Å². The zero-order chi connectivity index (χ0) is 24.1. The van der Waals surface area contributed by atoms with Crippen molar-refractivity contribution in [3.05, 3.63) is 94.5 Å². The van der Waals surface area contributed by atoms with Crippen molar-refractivity contribution in [3.8, 4) is 5.75 Å². The Bertz CT molecular complexity index is 1280. The molecule has 0 unspecified atom stereocenters. The maximum Gasteiger partial charge on any atom is 0.416 e. The molecule has 33 heavy (non-hydrogen) atoms. The molecule has 172 valence electrons. The van der Waals surface area contributed by atoms with Crippen molar-refractivity contribution in [1.29, 1.82) is 0 Å². The zero-order valence-corrected chi connectivity index (χ0v) is 18.3. The van der Waals surface area contributed by atoms with Crippen LogP contribution in [0.5, 0.6) is 5.75 Å². The van der Waals surface area contributed by atoms with E-state index in [-0.39, 0.29) is 12.2 Å². The second-order valence-corrected chi connectivity index (χ2v) is 8.65. The lowest BCUT2D eigenvalue weighted by atomic mass is 10.1. The van der Waals surface area contributed by atoms with Gasteiger partial charge in [-0.25, -0.2) is 5.43 Å². The van der Waals surface area contributed by atoms with Gasteiger partial charge in [0, 0.05) is 10.6 Å². The number of hydrogen-bond acceptors (Lipinski definition) is 5. The molecule has 0 heterocycles. The van der Waals surface area contributed by atoms with Gasteiger partial charge in [0.25, 0.3) is 0 Å². The highest BCUT2D eigenvalue weighted by molar-refractivity contribution is 7.87. The van der Waals surface area contributed by atoms with Crippen LogP contribution in [-0.2, 0) is 27.5 Å². The van der Waals surface area contributed by atoms with Crippen molar-refractivity contribution in [2.45, 2.75) is 17.5 Å². The monoisotopic (exact) mass is 496 g/mol. The van der Waals surface area contributed by atoms with Crippen molar-refractivity contribution in [2.75, 3.05) is 0 Å². The van der Waals surface area contributed by atoms with Crippen LogP contribution in [0.2, 0.25) is 5.02 Å². The lowest BCUT2D eigenvalue weighted by molar-refractivity contribution is -0.137. The van der Waals surface area contributed by atoms with E-state index in [1.54, 1.807) is 30.3 Å². The maximum absolute atomic E-state index is 13.2. The summed E-state index contributed by atoms with van der Waals surface area (Å²) >= 11 is 5.86. The van der Waals surface area contributed by atoms with Crippen LogP contribution in [0.1, 0.15) is 16.7 Å². The van der Waals surface area contributed by atoms with Crippen LogP contribution < -0.4 is 9.61 Å². The summed E-state index contributed by atoms with van der Waals surface area (Å²) in [6, 6.07) is 16.0. The number of carbonyl (C=O) groups excluding carboxylic acids is 1. The number of amides is 1. The first kappa shape index (κ1) is 24.3. The van der Waals surface area contributed by atoms with Crippen LogP contribution in [0.15, 0.2) is 82.8 Å². The minimum atomic E-state index is -4.72. The van der Waals surface area contributed by atoms with E-state index in [9.17, 15) is 26.4 Å². The van der Waals surface area contributed by atoms with E-state index < -0.39 is 38.2 Å². The standard InChI is InChI=1S/C22H16ClF3N2O4S/c23-18-6-4-5-15(11-18)12-21(29)28-27-14-16-13-17(22(24,25)26)9-10-20(16)33(30,31)32-19-7-2-1-3-8-19/h1-11,13-14H,12H2,(H,28,29)/b27-14+. The molecule has 0 aliphatic carbocycles. The number of rotatable bonds is 7. The van der Waals surface area contributed by atoms with Gasteiger partial charge in [-0.2, -0.15) is 26.7 Å². The number of carbonyl (C=O) groups is 1. The largest absolute Gasteiger partial charge is 0.416 e. The minimum Gasteiger partial charge on any atom is -0.379 e. The number of halogens is 4. The number of alkyl halides is 3. The highest BCUT2D eigenvalue weighted by Gasteiger charge is 2.32. The fourth-order valence-corrected chi connectivity index (χ4v) is 4.05. The van der Waals surface area contributed by atoms with Crippen LogP contribution >= 0.6 is 11.6 Å². The quantitative estimate of drug-likeness (QED) is 0.289. The first-order chi connectivity index (χ1) is 15.5. The van der Waals surface area contributed by atoms with Gasteiger partial charge in [0.15, 0.2) is 0 Å². The number of para-hydroxylation sites is 1. The number of nitrogens with one attached hydrogen (secondary N) is 1. The van der Waals surface area contributed by atoms with Gasteiger partial charge in [-0.15, -0.1) is 0 Å². The van der Waals surface area contributed by atoms with E-state index in [0.717, 1.165) is 12.3 Å². The van der Waals surface area contributed by atoms with E-state index in [2.05, 4.69) is 10.5 Å². The number of nitrogens with zero attached hydrogens (tertiary/aromatic N) is 1. The third-order valence-electron chi connectivity index (χ3n) is 4.20. The molecule has 3 aromatic rings. The normalized spacial score (nSPS) is 12.0. The van der Waals surface area contributed by atoms with Gasteiger partial charge in [0.1, 0.15) is 10.6 Å². The Labute approximate surface area is 192 Å². The van der Waals surface area contributed by atoms with E-state index in [0.29, 0.717) is 22.7 Å². The van der Waals surface area contributed by atoms with Crippen LogP contribution in [0, 0.1) is 0 Å². The Morgan fingerprint density at radius 2 is 1.76 bits per heavy atom. The van der Waals surface area contributed by atoms with Gasteiger partial charge in [-0.3, -0.25) is 4.79 Å². The van der Waals surface area contributed by atoms with Crippen LogP contribution in [0.25, 0.3) is 0 Å². The van der Waals surface area contributed by atoms with Crippen molar-refractivity contribution < 1.29 is 30.6 Å². The number of hydrogen-bond donors (Lipinski definition) is 1. The fourth-order valence-electron chi connectivity index (χ4n) is 2.75. The molecule has 11 heteroatoms. The molecule has 6 nitrogen and oxygen atoms in total. The Morgan fingerprint density at radius 3 is 2.42 bits per heavy atom. The van der Waals surface area contributed by atoms with Crippen LogP contribution in [0.3, 0.4) is 0 Å².